The van der Waals surface area contributed by atoms with Crippen LogP contribution in [0, 0.1) is 5.92 Å². The van der Waals surface area contributed by atoms with E-state index in [0.717, 1.165) is 24.6 Å². The smallest absolute Gasteiger partial charge is 0.339 e. The Morgan fingerprint density at radius 2 is 2.00 bits per heavy atom. The number of hydrogen-bond donors (Lipinski definition) is 1. The second-order valence-electron chi connectivity index (χ2n) is 5.37. The molecule has 0 bridgehead atoms. The maximum Gasteiger partial charge on any atom is 0.339 e. The van der Waals surface area contributed by atoms with Crippen molar-refractivity contribution in [1.29, 1.82) is 0 Å². The van der Waals surface area contributed by atoms with E-state index in [9.17, 15) is 4.79 Å². The zero-order chi connectivity index (χ0) is 13.8. The molecule has 1 saturated carbocycles. The van der Waals surface area contributed by atoms with E-state index in [2.05, 4.69) is 16.9 Å². The molecule has 0 amide bonds. The standard InChI is InChI=1S/C15H22N2O2/c1-3-10-5-7-11(8-6-10)14-16-9-12(15(18)19)13(4-2)17-14/h9-11H,3-8H2,1-2H3,(H,18,19). The summed E-state index contributed by atoms with van der Waals surface area (Å²) >= 11 is 0. The van der Waals surface area contributed by atoms with Gasteiger partial charge in [0.15, 0.2) is 0 Å². The Kier molecular flexibility index (Phi) is 4.51. The van der Waals surface area contributed by atoms with Crippen LogP contribution in [0.1, 0.15) is 73.7 Å². The normalized spacial score (nSPS) is 23.3. The molecule has 2 rings (SSSR count). The number of nitrogens with zero attached hydrogens (tertiary/aromatic N) is 2. The fourth-order valence-electron chi connectivity index (χ4n) is 2.91. The summed E-state index contributed by atoms with van der Waals surface area (Å²) in [5.74, 6) is 1.17. The lowest BCUT2D eigenvalue weighted by atomic mass is 9.80. The highest BCUT2D eigenvalue weighted by atomic mass is 16.4. The predicted molar refractivity (Wildman–Crippen MR) is 73.4 cm³/mol. The van der Waals surface area contributed by atoms with Gasteiger partial charge in [0.25, 0.3) is 0 Å². The van der Waals surface area contributed by atoms with Gasteiger partial charge in [-0.25, -0.2) is 14.8 Å². The Balaban J connectivity index is 2.15. The van der Waals surface area contributed by atoms with Crippen molar-refractivity contribution in [3.8, 4) is 0 Å². The minimum absolute atomic E-state index is 0.244. The zero-order valence-electron chi connectivity index (χ0n) is 11.7. The number of carbonyl (C=O) groups is 1. The molecule has 1 aromatic rings. The van der Waals surface area contributed by atoms with Crippen LogP contribution >= 0.6 is 0 Å². The van der Waals surface area contributed by atoms with Gasteiger partial charge in [0, 0.05) is 12.1 Å². The second kappa shape index (κ2) is 6.13. The quantitative estimate of drug-likeness (QED) is 0.903. The highest BCUT2D eigenvalue weighted by Crippen LogP contribution is 2.35. The minimum Gasteiger partial charge on any atom is -0.478 e. The molecule has 1 aromatic heterocycles. The highest BCUT2D eigenvalue weighted by molar-refractivity contribution is 5.88. The lowest BCUT2D eigenvalue weighted by Crippen LogP contribution is -2.16. The van der Waals surface area contributed by atoms with Gasteiger partial charge >= 0.3 is 5.97 Å². The summed E-state index contributed by atoms with van der Waals surface area (Å²) in [7, 11) is 0. The lowest BCUT2D eigenvalue weighted by molar-refractivity contribution is 0.0694. The predicted octanol–water partition coefficient (Wildman–Crippen LogP) is 3.42. The SMILES string of the molecule is CCc1nc(C2CCC(CC)CC2)ncc1C(=O)O. The van der Waals surface area contributed by atoms with Gasteiger partial charge < -0.3 is 5.11 Å². The molecular formula is C15H22N2O2. The summed E-state index contributed by atoms with van der Waals surface area (Å²) in [4.78, 5) is 19.9. The van der Waals surface area contributed by atoms with E-state index < -0.39 is 5.97 Å². The van der Waals surface area contributed by atoms with E-state index in [-0.39, 0.29) is 5.56 Å². The van der Waals surface area contributed by atoms with Gasteiger partial charge in [0.05, 0.1) is 11.3 Å². The third-order valence-electron chi connectivity index (χ3n) is 4.24. The molecule has 1 heterocycles. The first kappa shape index (κ1) is 14.0. The molecule has 0 atom stereocenters. The number of carboxylic acid groups (broad SMARTS) is 1. The van der Waals surface area contributed by atoms with Crippen molar-refractivity contribution in [3.63, 3.8) is 0 Å². The maximum atomic E-state index is 11.1. The molecule has 0 saturated heterocycles. The van der Waals surface area contributed by atoms with Crippen molar-refractivity contribution in [1.82, 2.24) is 9.97 Å². The van der Waals surface area contributed by atoms with Crippen molar-refractivity contribution in [3.05, 3.63) is 23.3 Å². The van der Waals surface area contributed by atoms with Crippen LogP contribution < -0.4 is 0 Å². The third-order valence-corrected chi connectivity index (χ3v) is 4.24. The molecule has 0 spiro atoms. The van der Waals surface area contributed by atoms with E-state index in [1.54, 1.807) is 0 Å². The van der Waals surface area contributed by atoms with E-state index in [1.807, 2.05) is 6.92 Å². The van der Waals surface area contributed by atoms with E-state index >= 15 is 0 Å². The topological polar surface area (TPSA) is 63.1 Å². The zero-order valence-corrected chi connectivity index (χ0v) is 11.7. The molecule has 0 radical (unpaired) electrons. The Hall–Kier alpha value is -1.45. The number of aromatic nitrogens is 2. The summed E-state index contributed by atoms with van der Waals surface area (Å²) in [5, 5.41) is 9.08. The molecule has 1 aliphatic rings. The van der Waals surface area contributed by atoms with Crippen molar-refractivity contribution >= 4 is 5.97 Å². The van der Waals surface area contributed by atoms with Gasteiger partial charge in [-0.2, -0.15) is 0 Å². The fourth-order valence-corrected chi connectivity index (χ4v) is 2.91. The summed E-state index contributed by atoms with van der Waals surface area (Å²) < 4.78 is 0. The fraction of sp³-hybridized carbons (Fsp3) is 0.667. The molecule has 0 unspecified atom stereocenters. The van der Waals surface area contributed by atoms with Crippen molar-refractivity contribution in [2.45, 2.75) is 58.3 Å². The minimum atomic E-state index is -0.932. The highest BCUT2D eigenvalue weighted by Gasteiger charge is 2.24. The number of hydrogen-bond acceptors (Lipinski definition) is 3. The van der Waals surface area contributed by atoms with Crippen molar-refractivity contribution in [2.75, 3.05) is 0 Å². The van der Waals surface area contributed by atoms with Gasteiger partial charge in [-0.1, -0.05) is 20.3 Å². The van der Waals surface area contributed by atoms with Gasteiger partial charge in [0.2, 0.25) is 0 Å². The molecule has 1 N–H and O–H groups in total. The molecule has 0 aliphatic heterocycles. The number of aryl methyl sites for hydroxylation is 1. The Morgan fingerprint density at radius 3 is 2.53 bits per heavy atom. The van der Waals surface area contributed by atoms with Gasteiger partial charge in [-0.3, -0.25) is 0 Å². The maximum absolute atomic E-state index is 11.1. The number of aromatic carboxylic acids is 1. The molecule has 104 valence electrons. The molecule has 4 nitrogen and oxygen atoms in total. The summed E-state index contributed by atoms with van der Waals surface area (Å²) in [6.07, 6.45) is 8.13. The summed E-state index contributed by atoms with van der Waals surface area (Å²) in [6.45, 7) is 4.19. The second-order valence-corrected chi connectivity index (χ2v) is 5.37. The Morgan fingerprint density at radius 1 is 1.32 bits per heavy atom. The van der Waals surface area contributed by atoms with Crippen LogP contribution in [-0.2, 0) is 6.42 Å². The van der Waals surface area contributed by atoms with E-state index in [0.29, 0.717) is 18.0 Å². The van der Waals surface area contributed by atoms with E-state index in [4.69, 9.17) is 5.11 Å². The third kappa shape index (κ3) is 3.11. The Bertz CT molecular complexity index is 451. The number of carboxylic acids is 1. The van der Waals surface area contributed by atoms with Crippen LogP contribution in [0.15, 0.2) is 6.20 Å². The first-order chi connectivity index (χ1) is 9.15. The molecule has 1 fully saturated rings. The first-order valence-corrected chi connectivity index (χ1v) is 7.24. The molecule has 1 aliphatic carbocycles. The van der Waals surface area contributed by atoms with Crippen LogP contribution in [0.25, 0.3) is 0 Å². The van der Waals surface area contributed by atoms with Gasteiger partial charge in [-0.05, 0) is 38.0 Å². The Labute approximate surface area is 114 Å². The van der Waals surface area contributed by atoms with Crippen LogP contribution in [0.3, 0.4) is 0 Å². The average Bonchev–Trinajstić information content (AvgIpc) is 2.46. The van der Waals surface area contributed by atoms with Crippen LogP contribution in [0.4, 0.5) is 0 Å². The van der Waals surface area contributed by atoms with Crippen molar-refractivity contribution in [2.24, 2.45) is 5.92 Å². The molecular weight excluding hydrogens is 240 g/mol. The molecule has 4 heteroatoms. The van der Waals surface area contributed by atoms with E-state index in [1.165, 1.54) is 25.5 Å². The molecule has 0 aromatic carbocycles. The first-order valence-electron chi connectivity index (χ1n) is 7.24. The summed E-state index contributed by atoms with van der Waals surface area (Å²) in [6, 6.07) is 0. The van der Waals surface area contributed by atoms with Gasteiger partial charge in [0.1, 0.15) is 5.82 Å². The van der Waals surface area contributed by atoms with Crippen LogP contribution in [0.5, 0.6) is 0 Å². The largest absolute Gasteiger partial charge is 0.478 e. The average molecular weight is 262 g/mol. The van der Waals surface area contributed by atoms with Crippen molar-refractivity contribution < 1.29 is 9.90 Å². The molecule has 19 heavy (non-hydrogen) atoms. The number of rotatable bonds is 4. The van der Waals surface area contributed by atoms with Crippen LogP contribution in [-0.4, -0.2) is 21.0 Å². The van der Waals surface area contributed by atoms with Crippen LogP contribution in [0.2, 0.25) is 0 Å². The van der Waals surface area contributed by atoms with Gasteiger partial charge in [-0.15, -0.1) is 0 Å². The monoisotopic (exact) mass is 262 g/mol. The summed E-state index contributed by atoms with van der Waals surface area (Å²) in [5.41, 5.74) is 0.906. The lowest BCUT2D eigenvalue weighted by Gasteiger charge is -2.27.